The maximum atomic E-state index is 13.9. The predicted molar refractivity (Wildman–Crippen MR) is 92.7 cm³/mol. The second-order valence-corrected chi connectivity index (χ2v) is 5.76. The molecule has 2 aromatic carbocycles. The molecule has 1 aromatic heterocycles. The third-order valence-corrected chi connectivity index (χ3v) is 3.69. The van der Waals surface area contributed by atoms with Gasteiger partial charge in [-0.3, -0.25) is 0 Å². The summed E-state index contributed by atoms with van der Waals surface area (Å²) in [6, 6.07) is 6.20. The highest BCUT2D eigenvalue weighted by Crippen LogP contribution is 2.31. The van der Waals surface area contributed by atoms with E-state index in [-0.39, 0.29) is 18.0 Å². The van der Waals surface area contributed by atoms with Crippen LogP contribution in [0.15, 0.2) is 42.5 Å². The molecule has 0 amide bonds. The molecule has 0 atom stereocenters. The monoisotopic (exact) mass is 425 g/mol. The quantitative estimate of drug-likeness (QED) is 0.432. The molecule has 0 saturated carbocycles. The van der Waals surface area contributed by atoms with Crippen molar-refractivity contribution in [3.8, 4) is 23.0 Å². The Balaban J connectivity index is 2.04. The number of carbonyl (C=O) groups is 1. The van der Waals surface area contributed by atoms with E-state index in [0.29, 0.717) is 0 Å². The zero-order valence-electron chi connectivity index (χ0n) is 15.2. The highest BCUT2D eigenvalue weighted by molar-refractivity contribution is 5.89. The normalized spacial score (nSPS) is 11.3. The third-order valence-electron chi connectivity index (χ3n) is 3.69. The van der Waals surface area contributed by atoms with Gasteiger partial charge in [-0.1, -0.05) is 12.1 Å². The van der Waals surface area contributed by atoms with E-state index in [1.54, 1.807) is 0 Å². The Hall–Kier alpha value is -3.63. The van der Waals surface area contributed by atoms with Crippen LogP contribution in [-0.2, 0) is 10.9 Å². The van der Waals surface area contributed by atoms with Crippen molar-refractivity contribution < 1.29 is 36.2 Å². The summed E-state index contributed by atoms with van der Waals surface area (Å²) < 4.78 is 75.6. The SMILES string of the molecule is CCOC(=O)c1nnc(-c2ccc(C(F)(F)F)cc2)nc1Oc1cc(F)ccc1F. The van der Waals surface area contributed by atoms with E-state index in [9.17, 15) is 26.7 Å². The van der Waals surface area contributed by atoms with E-state index in [4.69, 9.17) is 9.47 Å². The number of hydrogen-bond donors (Lipinski definition) is 0. The van der Waals surface area contributed by atoms with E-state index in [1.807, 2.05) is 0 Å². The fourth-order valence-electron chi connectivity index (χ4n) is 2.30. The van der Waals surface area contributed by atoms with E-state index >= 15 is 0 Å². The maximum absolute atomic E-state index is 13.9. The Morgan fingerprint density at radius 1 is 1.03 bits per heavy atom. The molecule has 1 heterocycles. The summed E-state index contributed by atoms with van der Waals surface area (Å²) in [4.78, 5) is 16.0. The minimum Gasteiger partial charge on any atom is -0.461 e. The van der Waals surface area contributed by atoms with E-state index < -0.39 is 46.7 Å². The first-order chi connectivity index (χ1) is 14.2. The Morgan fingerprint density at radius 3 is 2.37 bits per heavy atom. The molecule has 0 aliphatic heterocycles. The fourth-order valence-corrected chi connectivity index (χ4v) is 2.30. The number of hydrogen-bond acceptors (Lipinski definition) is 6. The lowest BCUT2D eigenvalue weighted by Crippen LogP contribution is -2.12. The van der Waals surface area contributed by atoms with E-state index in [2.05, 4.69) is 15.2 Å². The van der Waals surface area contributed by atoms with Crippen molar-refractivity contribution in [1.82, 2.24) is 15.2 Å². The molecule has 156 valence electrons. The van der Waals surface area contributed by atoms with Crippen molar-refractivity contribution in [1.29, 1.82) is 0 Å². The Kier molecular flexibility index (Phi) is 5.90. The van der Waals surface area contributed by atoms with Gasteiger partial charge in [0.2, 0.25) is 5.69 Å². The summed E-state index contributed by atoms with van der Waals surface area (Å²) in [7, 11) is 0. The first-order valence-corrected chi connectivity index (χ1v) is 8.41. The van der Waals surface area contributed by atoms with Crippen molar-refractivity contribution in [2.24, 2.45) is 0 Å². The van der Waals surface area contributed by atoms with Gasteiger partial charge in [0.1, 0.15) is 5.82 Å². The van der Waals surface area contributed by atoms with Crippen LogP contribution in [0.4, 0.5) is 22.0 Å². The molecular weight excluding hydrogens is 413 g/mol. The number of carbonyl (C=O) groups excluding carboxylic acids is 1. The van der Waals surface area contributed by atoms with Crippen LogP contribution in [-0.4, -0.2) is 27.8 Å². The minimum absolute atomic E-state index is 0.0189. The zero-order valence-corrected chi connectivity index (χ0v) is 15.2. The minimum atomic E-state index is -4.53. The molecule has 3 aromatic rings. The van der Waals surface area contributed by atoms with Crippen LogP contribution >= 0.6 is 0 Å². The maximum Gasteiger partial charge on any atom is 0.416 e. The van der Waals surface area contributed by atoms with Gasteiger partial charge in [-0.15, -0.1) is 10.2 Å². The topological polar surface area (TPSA) is 74.2 Å². The fraction of sp³-hybridized carbons (Fsp3) is 0.158. The van der Waals surface area contributed by atoms with Crippen LogP contribution in [0, 0.1) is 11.6 Å². The van der Waals surface area contributed by atoms with Gasteiger partial charge in [0.15, 0.2) is 17.4 Å². The van der Waals surface area contributed by atoms with Crippen LogP contribution in [0.2, 0.25) is 0 Å². The molecule has 0 radical (unpaired) electrons. The lowest BCUT2D eigenvalue weighted by Gasteiger charge is -2.11. The molecule has 0 fully saturated rings. The number of rotatable bonds is 5. The molecule has 30 heavy (non-hydrogen) atoms. The molecule has 0 aliphatic carbocycles. The van der Waals surface area contributed by atoms with Crippen molar-refractivity contribution in [3.63, 3.8) is 0 Å². The number of aromatic nitrogens is 3. The van der Waals surface area contributed by atoms with Gasteiger partial charge in [0.25, 0.3) is 5.88 Å². The van der Waals surface area contributed by atoms with Crippen molar-refractivity contribution >= 4 is 5.97 Å². The van der Waals surface area contributed by atoms with Crippen LogP contribution < -0.4 is 4.74 Å². The van der Waals surface area contributed by atoms with Crippen molar-refractivity contribution in [3.05, 3.63) is 65.4 Å². The Labute approximate surface area is 166 Å². The molecule has 0 unspecified atom stereocenters. The lowest BCUT2D eigenvalue weighted by atomic mass is 10.1. The van der Waals surface area contributed by atoms with Crippen molar-refractivity contribution in [2.45, 2.75) is 13.1 Å². The highest BCUT2D eigenvalue weighted by Gasteiger charge is 2.30. The van der Waals surface area contributed by atoms with Gasteiger partial charge < -0.3 is 9.47 Å². The van der Waals surface area contributed by atoms with Crippen LogP contribution in [0.5, 0.6) is 11.6 Å². The number of ether oxygens (including phenoxy) is 2. The highest BCUT2D eigenvalue weighted by atomic mass is 19.4. The van der Waals surface area contributed by atoms with Gasteiger partial charge in [-0.2, -0.15) is 18.2 Å². The van der Waals surface area contributed by atoms with E-state index in [1.165, 1.54) is 6.92 Å². The molecule has 0 saturated heterocycles. The summed E-state index contributed by atoms with van der Waals surface area (Å²) in [6.07, 6.45) is -4.53. The first-order valence-electron chi connectivity index (χ1n) is 8.41. The molecular formula is C19H12F5N3O3. The number of alkyl halides is 3. The smallest absolute Gasteiger partial charge is 0.416 e. The molecule has 0 aliphatic rings. The van der Waals surface area contributed by atoms with Gasteiger partial charge >= 0.3 is 12.1 Å². The molecule has 0 spiro atoms. The summed E-state index contributed by atoms with van der Waals surface area (Å²) in [5.74, 6) is -4.08. The number of benzene rings is 2. The van der Waals surface area contributed by atoms with Gasteiger partial charge in [-0.05, 0) is 31.2 Å². The number of nitrogens with zero attached hydrogens (tertiary/aromatic N) is 3. The average Bonchev–Trinajstić information content (AvgIpc) is 2.70. The number of esters is 1. The summed E-state index contributed by atoms with van der Waals surface area (Å²) in [5, 5.41) is 7.34. The average molecular weight is 425 g/mol. The van der Waals surface area contributed by atoms with Crippen LogP contribution in [0.1, 0.15) is 23.0 Å². The molecule has 3 rings (SSSR count). The second kappa shape index (κ2) is 8.39. The number of halogens is 5. The van der Waals surface area contributed by atoms with Crippen LogP contribution in [0.25, 0.3) is 11.4 Å². The molecule has 0 N–H and O–H groups in total. The molecule has 11 heteroatoms. The Bertz CT molecular complexity index is 1070. The summed E-state index contributed by atoms with van der Waals surface area (Å²) in [6.45, 7) is 1.51. The van der Waals surface area contributed by atoms with E-state index in [0.717, 1.165) is 42.5 Å². The first kappa shape index (κ1) is 21.1. The van der Waals surface area contributed by atoms with Crippen LogP contribution in [0.3, 0.4) is 0 Å². The third kappa shape index (κ3) is 4.67. The lowest BCUT2D eigenvalue weighted by molar-refractivity contribution is -0.137. The predicted octanol–water partition coefficient (Wildman–Crippen LogP) is 4.80. The zero-order chi connectivity index (χ0) is 21.9. The molecule has 0 bridgehead atoms. The van der Waals surface area contributed by atoms with Gasteiger partial charge in [-0.25, -0.2) is 13.6 Å². The Morgan fingerprint density at radius 2 is 1.73 bits per heavy atom. The van der Waals surface area contributed by atoms with Gasteiger partial charge in [0.05, 0.1) is 12.2 Å². The van der Waals surface area contributed by atoms with Crippen molar-refractivity contribution in [2.75, 3.05) is 6.61 Å². The van der Waals surface area contributed by atoms with Gasteiger partial charge in [0, 0.05) is 11.6 Å². The summed E-state index contributed by atoms with van der Waals surface area (Å²) >= 11 is 0. The second-order valence-electron chi connectivity index (χ2n) is 5.76. The summed E-state index contributed by atoms with van der Waals surface area (Å²) in [5.41, 5.74) is -1.28. The molecule has 6 nitrogen and oxygen atoms in total. The standard InChI is InChI=1S/C19H12F5N3O3/c1-2-29-18(28)15-17(30-14-9-12(20)7-8-13(14)21)25-16(27-26-15)10-3-5-11(6-4-10)19(22,23)24/h3-9H,2H2,1H3. The largest absolute Gasteiger partial charge is 0.461 e.